The van der Waals surface area contributed by atoms with Crippen molar-refractivity contribution in [3.63, 3.8) is 0 Å². The highest BCUT2D eigenvalue weighted by Crippen LogP contribution is 2.26. The summed E-state index contributed by atoms with van der Waals surface area (Å²) in [6.07, 6.45) is 2.21. The maximum atomic E-state index is 9.01. The minimum Gasteiger partial charge on any atom is -0.395 e. The summed E-state index contributed by atoms with van der Waals surface area (Å²) in [6, 6.07) is 9.36. The van der Waals surface area contributed by atoms with E-state index in [9.17, 15) is 0 Å². The van der Waals surface area contributed by atoms with Crippen molar-refractivity contribution in [3.05, 3.63) is 35.4 Å². The van der Waals surface area contributed by atoms with Crippen LogP contribution in [0.4, 0.5) is 0 Å². The Morgan fingerprint density at radius 3 is 2.57 bits per heavy atom. The van der Waals surface area contributed by atoms with Crippen molar-refractivity contribution in [3.8, 4) is 0 Å². The number of benzene rings is 1. The van der Waals surface area contributed by atoms with Gasteiger partial charge in [-0.15, -0.1) is 0 Å². The molecular formula is C12H17NO. The molecule has 1 aliphatic rings. The monoisotopic (exact) mass is 191 g/mol. The van der Waals surface area contributed by atoms with Crippen molar-refractivity contribution in [1.29, 1.82) is 0 Å². The van der Waals surface area contributed by atoms with Crippen LogP contribution >= 0.6 is 0 Å². The molecule has 1 aromatic carbocycles. The van der Waals surface area contributed by atoms with E-state index in [1.807, 2.05) is 0 Å². The second kappa shape index (κ2) is 4.11. The number of hydrogen-bond acceptors (Lipinski definition) is 2. The van der Waals surface area contributed by atoms with E-state index in [1.165, 1.54) is 11.1 Å². The summed E-state index contributed by atoms with van der Waals surface area (Å²) >= 11 is 0. The molecule has 2 nitrogen and oxygen atoms in total. The largest absolute Gasteiger partial charge is 0.395 e. The van der Waals surface area contributed by atoms with Gasteiger partial charge in [-0.1, -0.05) is 29.8 Å². The van der Waals surface area contributed by atoms with Gasteiger partial charge in [0, 0.05) is 12.1 Å². The molecule has 1 saturated heterocycles. The third-order valence-corrected chi connectivity index (χ3v) is 2.94. The minimum absolute atomic E-state index is 0.252. The van der Waals surface area contributed by atoms with Gasteiger partial charge in [0.25, 0.3) is 0 Å². The van der Waals surface area contributed by atoms with E-state index < -0.39 is 0 Å². The molecule has 0 bridgehead atoms. The summed E-state index contributed by atoms with van der Waals surface area (Å²) in [7, 11) is 0. The van der Waals surface area contributed by atoms with E-state index in [0.717, 1.165) is 12.8 Å². The SMILES string of the molecule is Cc1ccc([C@@H]2CC[C@@H](CO)N2)cc1. The molecule has 2 N–H and O–H groups in total. The molecule has 0 spiro atoms. The Balaban J connectivity index is 2.06. The summed E-state index contributed by atoms with van der Waals surface area (Å²) in [6.45, 7) is 2.35. The summed E-state index contributed by atoms with van der Waals surface area (Å²) < 4.78 is 0. The van der Waals surface area contributed by atoms with Gasteiger partial charge in [-0.25, -0.2) is 0 Å². The van der Waals surface area contributed by atoms with Crippen molar-refractivity contribution in [2.45, 2.75) is 31.8 Å². The van der Waals surface area contributed by atoms with Crippen LogP contribution < -0.4 is 5.32 Å². The molecule has 1 heterocycles. The van der Waals surface area contributed by atoms with Crippen molar-refractivity contribution in [2.75, 3.05) is 6.61 Å². The van der Waals surface area contributed by atoms with Gasteiger partial charge in [-0.05, 0) is 25.3 Å². The number of aliphatic hydroxyl groups excluding tert-OH is 1. The molecule has 2 rings (SSSR count). The Morgan fingerprint density at radius 2 is 2.00 bits per heavy atom. The highest BCUT2D eigenvalue weighted by Gasteiger charge is 2.23. The Morgan fingerprint density at radius 1 is 1.29 bits per heavy atom. The average molecular weight is 191 g/mol. The Labute approximate surface area is 85.0 Å². The zero-order chi connectivity index (χ0) is 9.97. The molecule has 1 aromatic rings. The van der Waals surface area contributed by atoms with E-state index in [1.54, 1.807) is 0 Å². The lowest BCUT2D eigenvalue weighted by atomic mass is 10.0. The highest BCUT2D eigenvalue weighted by atomic mass is 16.3. The van der Waals surface area contributed by atoms with Gasteiger partial charge in [0.05, 0.1) is 6.61 Å². The number of rotatable bonds is 2. The topological polar surface area (TPSA) is 32.3 Å². The van der Waals surface area contributed by atoms with Crippen LogP contribution in [0.2, 0.25) is 0 Å². The second-order valence-electron chi connectivity index (χ2n) is 4.09. The fourth-order valence-electron chi connectivity index (χ4n) is 2.02. The second-order valence-corrected chi connectivity index (χ2v) is 4.09. The van der Waals surface area contributed by atoms with Crippen LogP contribution in [0.1, 0.15) is 30.0 Å². The van der Waals surface area contributed by atoms with Crippen LogP contribution in [0.25, 0.3) is 0 Å². The predicted molar refractivity (Wildman–Crippen MR) is 57.2 cm³/mol. The first-order chi connectivity index (χ1) is 6.79. The number of hydrogen-bond donors (Lipinski definition) is 2. The van der Waals surface area contributed by atoms with E-state index >= 15 is 0 Å². The average Bonchev–Trinajstić information content (AvgIpc) is 2.67. The van der Waals surface area contributed by atoms with E-state index in [4.69, 9.17) is 5.11 Å². The third-order valence-electron chi connectivity index (χ3n) is 2.94. The quantitative estimate of drug-likeness (QED) is 0.747. The van der Waals surface area contributed by atoms with Gasteiger partial charge < -0.3 is 10.4 Å². The standard InChI is InChI=1S/C12H17NO/c1-9-2-4-10(5-3-9)12-7-6-11(8-14)13-12/h2-5,11-14H,6-8H2,1H3/t11-,12-/m0/s1. The molecule has 2 atom stereocenters. The van der Waals surface area contributed by atoms with Crippen LogP contribution in [0.3, 0.4) is 0 Å². The molecule has 0 aliphatic carbocycles. The molecule has 0 saturated carbocycles. The first kappa shape index (κ1) is 9.69. The van der Waals surface area contributed by atoms with Gasteiger partial charge in [-0.3, -0.25) is 0 Å². The summed E-state index contributed by atoms with van der Waals surface area (Å²) in [5.41, 5.74) is 2.64. The smallest absolute Gasteiger partial charge is 0.0584 e. The normalized spacial score (nSPS) is 26.7. The molecule has 0 aromatic heterocycles. The predicted octanol–water partition coefficient (Wildman–Crippen LogP) is 1.78. The molecule has 14 heavy (non-hydrogen) atoms. The van der Waals surface area contributed by atoms with Crippen molar-refractivity contribution in [2.24, 2.45) is 0 Å². The fourth-order valence-corrected chi connectivity index (χ4v) is 2.02. The minimum atomic E-state index is 0.252. The molecular weight excluding hydrogens is 174 g/mol. The maximum absolute atomic E-state index is 9.01. The van der Waals surface area contributed by atoms with Crippen LogP contribution in [0.5, 0.6) is 0 Å². The Hall–Kier alpha value is -0.860. The summed E-state index contributed by atoms with van der Waals surface area (Å²) in [4.78, 5) is 0. The van der Waals surface area contributed by atoms with Gasteiger partial charge >= 0.3 is 0 Å². The van der Waals surface area contributed by atoms with E-state index in [2.05, 4.69) is 36.5 Å². The molecule has 0 unspecified atom stereocenters. The van der Waals surface area contributed by atoms with Crippen molar-refractivity contribution in [1.82, 2.24) is 5.32 Å². The van der Waals surface area contributed by atoms with Crippen molar-refractivity contribution < 1.29 is 5.11 Å². The number of nitrogens with one attached hydrogen (secondary N) is 1. The lowest BCUT2D eigenvalue weighted by Gasteiger charge is -2.13. The first-order valence-electron chi connectivity index (χ1n) is 5.23. The molecule has 1 aliphatic heterocycles. The molecule has 76 valence electrons. The molecule has 2 heteroatoms. The van der Waals surface area contributed by atoms with Crippen molar-refractivity contribution >= 4 is 0 Å². The molecule has 1 fully saturated rings. The Kier molecular flexibility index (Phi) is 2.85. The Bertz CT molecular complexity index is 294. The van der Waals surface area contributed by atoms with Crippen LogP contribution in [-0.4, -0.2) is 17.8 Å². The summed E-state index contributed by atoms with van der Waals surface area (Å²) in [5, 5.41) is 12.4. The third kappa shape index (κ3) is 1.97. The molecule has 0 radical (unpaired) electrons. The van der Waals surface area contributed by atoms with E-state index in [-0.39, 0.29) is 6.61 Å². The lowest BCUT2D eigenvalue weighted by molar-refractivity contribution is 0.251. The van der Waals surface area contributed by atoms with Gasteiger partial charge in [0.15, 0.2) is 0 Å². The zero-order valence-electron chi connectivity index (χ0n) is 8.53. The van der Waals surface area contributed by atoms with Crippen LogP contribution in [0, 0.1) is 6.92 Å². The van der Waals surface area contributed by atoms with Crippen LogP contribution in [-0.2, 0) is 0 Å². The van der Waals surface area contributed by atoms with Gasteiger partial charge in [-0.2, -0.15) is 0 Å². The molecule has 0 amide bonds. The maximum Gasteiger partial charge on any atom is 0.0584 e. The van der Waals surface area contributed by atoms with E-state index in [0.29, 0.717) is 12.1 Å². The number of aryl methyl sites for hydroxylation is 1. The fraction of sp³-hybridized carbons (Fsp3) is 0.500. The number of aliphatic hydroxyl groups is 1. The van der Waals surface area contributed by atoms with Gasteiger partial charge in [0.1, 0.15) is 0 Å². The lowest BCUT2D eigenvalue weighted by Crippen LogP contribution is -2.27. The van der Waals surface area contributed by atoms with Gasteiger partial charge in [0.2, 0.25) is 0 Å². The van der Waals surface area contributed by atoms with Crippen LogP contribution in [0.15, 0.2) is 24.3 Å². The first-order valence-corrected chi connectivity index (χ1v) is 5.23. The summed E-state index contributed by atoms with van der Waals surface area (Å²) in [5.74, 6) is 0. The highest BCUT2D eigenvalue weighted by molar-refractivity contribution is 5.24. The zero-order valence-corrected chi connectivity index (χ0v) is 8.53.